The van der Waals surface area contributed by atoms with Gasteiger partial charge in [0.2, 0.25) is 0 Å². The number of fused-ring (bicyclic) bond motifs is 1. The molecule has 0 radical (unpaired) electrons. The first-order valence-corrected chi connectivity index (χ1v) is 8.13. The molecule has 1 aromatic rings. The van der Waals surface area contributed by atoms with Crippen molar-refractivity contribution < 1.29 is 28.6 Å². The maximum Gasteiger partial charge on any atom is 0.310 e. The molecule has 5 atom stereocenters. The minimum absolute atomic E-state index is 0.0186. The normalized spacial score (nSPS) is 32.5. The lowest BCUT2D eigenvalue weighted by atomic mass is 9.80. The van der Waals surface area contributed by atoms with Crippen molar-refractivity contribution in [2.24, 2.45) is 23.7 Å². The Morgan fingerprint density at radius 2 is 2.12 bits per heavy atom. The van der Waals surface area contributed by atoms with E-state index in [1.165, 1.54) is 7.11 Å². The van der Waals surface area contributed by atoms with Crippen LogP contribution in [0.5, 0.6) is 5.75 Å². The lowest BCUT2D eigenvalue weighted by molar-refractivity contribution is -0.154. The Morgan fingerprint density at radius 3 is 2.92 bits per heavy atom. The summed E-state index contributed by atoms with van der Waals surface area (Å²) in [4.78, 5) is 36.5. The minimum Gasteiger partial charge on any atom is -0.497 e. The van der Waals surface area contributed by atoms with E-state index in [0.717, 1.165) is 12.8 Å². The lowest BCUT2D eigenvalue weighted by Crippen LogP contribution is -2.34. The monoisotopic (exact) mass is 330 g/mol. The molecule has 3 fully saturated rings. The van der Waals surface area contributed by atoms with E-state index in [0.29, 0.717) is 11.3 Å². The van der Waals surface area contributed by atoms with Crippen LogP contribution in [-0.4, -0.2) is 37.5 Å². The highest BCUT2D eigenvalue weighted by molar-refractivity contribution is 5.98. The van der Waals surface area contributed by atoms with Gasteiger partial charge in [-0.15, -0.1) is 0 Å². The van der Waals surface area contributed by atoms with E-state index < -0.39 is 11.9 Å². The smallest absolute Gasteiger partial charge is 0.310 e. The summed E-state index contributed by atoms with van der Waals surface area (Å²) in [6.07, 6.45) is 1.55. The van der Waals surface area contributed by atoms with E-state index in [1.54, 1.807) is 24.3 Å². The summed E-state index contributed by atoms with van der Waals surface area (Å²) in [5, 5.41) is 0. The van der Waals surface area contributed by atoms with E-state index in [2.05, 4.69) is 0 Å². The van der Waals surface area contributed by atoms with E-state index in [1.807, 2.05) is 0 Å². The number of esters is 2. The standard InChI is InChI=1S/C18H18O6/c1-22-11-4-2-3-9(5-11)13(19)8-23-17(20)15-10-6-12-14(7-10)24-18(21)16(12)15/h2-5,10,12,14-16H,6-8H2,1H3/t10-,12+,14+,15-,16+/m1/s1. The zero-order valence-corrected chi connectivity index (χ0v) is 13.3. The molecular weight excluding hydrogens is 312 g/mol. The molecule has 2 saturated carbocycles. The fourth-order valence-corrected chi connectivity index (χ4v) is 4.44. The zero-order valence-electron chi connectivity index (χ0n) is 13.3. The summed E-state index contributed by atoms with van der Waals surface area (Å²) in [5.41, 5.74) is 0.426. The molecule has 0 amide bonds. The molecule has 1 heterocycles. The van der Waals surface area contributed by atoms with Crippen LogP contribution in [0.1, 0.15) is 23.2 Å². The molecule has 2 bridgehead atoms. The number of ketones is 1. The number of carbonyl (C=O) groups is 3. The van der Waals surface area contributed by atoms with Crippen LogP contribution in [0.15, 0.2) is 24.3 Å². The molecule has 4 rings (SSSR count). The maximum atomic E-state index is 12.4. The molecule has 0 unspecified atom stereocenters. The van der Waals surface area contributed by atoms with Gasteiger partial charge < -0.3 is 14.2 Å². The molecule has 1 aliphatic heterocycles. The fourth-order valence-electron chi connectivity index (χ4n) is 4.44. The Hall–Kier alpha value is -2.37. The Morgan fingerprint density at radius 1 is 1.29 bits per heavy atom. The van der Waals surface area contributed by atoms with Crippen LogP contribution in [0.4, 0.5) is 0 Å². The van der Waals surface area contributed by atoms with Crippen LogP contribution >= 0.6 is 0 Å². The summed E-state index contributed by atoms with van der Waals surface area (Å²) in [6, 6.07) is 6.69. The third-order valence-electron chi connectivity index (χ3n) is 5.49. The van der Waals surface area contributed by atoms with Gasteiger partial charge in [-0.05, 0) is 30.9 Å². The first-order chi connectivity index (χ1) is 11.6. The van der Waals surface area contributed by atoms with Gasteiger partial charge in [0.15, 0.2) is 12.4 Å². The fraction of sp³-hybridized carbons (Fsp3) is 0.500. The molecule has 126 valence electrons. The summed E-state index contributed by atoms with van der Waals surface area (Å²) >= 11 is 0. The molecule has 1 saturated heterocycles. The van der Waals surface area contributed by atoms with Crippen molar-refractivity contribution in [1.82, 2.24) is 0 Å². The minimum atomic E-state index is -0.459. The van der Waals surface area contributed by atoms with Crippen LogP contribution in [0.25, 0.3) is 0 Å². The third kappa shape index (κ3) is 2.28. The Bertz CT molecular complexity index is 709. The first kappa shape index (κ1) is 15.2. The van der Waals surface area contributed by atoms with Crippen LogP contribution in [0.3, 0.4) is 0 Å². The summed E-state index contributed by atoms with van der Waals surface area (Å²) in [5.74, 6) is -1.03. The predicted molar refractivity (Wildman–Crippen MR) is 81.4 cm³/mol. The van der Waals surface area contributed by atoms with Crippen molar-refractivity contribution in [3.8, 4) is 5.75 Å². The topological polar surface area (TPSA) is 78.9 Å². The number of carbonyl (C=O) groups excluding carboxylic acids is 3. The molecular formula is C18H18O6. The van der Waals surface area contributed by atoms with E-state index in [9.17, 15) is 14.4 Å². The summed E-state index contributed by atoms with van der Waals surface area (Å²) in [6.45, 7) is -0.328. The molecule has 0 spiro atoms. The number of hydrogen-bond donors (Lipinski definition) is 0. The van der Waals surface area contributed by atoms with E-state index in [4.69, 9.17) is 14.2 Å². The first-order valence-electron chi connectivity index (χ1n) is 8.13. The van der Waals surface area contributed by atoms with Crippen LogP contribution in [0.2, 0.25) is 0 Å². The van der Waals surface area contributed by atoms with Crippen LogP contribution < -0.4 is 4.74 Å². The lowest BCUT2D eigenvalue weighted by Gasteiger charge is -2.22. The molecule has 3 aliphatic rings. The molecule has 0 aromatic heterocycles. The van der Waals surface area contributed by atoms with Gasteiger partial charge in [-0.1, -0.05) is 12.1 Å². The number of Topliss-reactive ketones (excluding diaryl/α,β-unsaturated/α-hetero) is 1. The summed E-state index contributed by atoms with van der Waals surface area (Å²) in [7, 11) is 1.52. The predicted octanol–water partition coefficient (Wildman–Crippen LogP) is 1.62. The average Bonchev–Trinajstić information content (AvgIpc) is 3.21. The molecule has 1 aromatic carbocycles. The number of ether oxygens (including phenoxy) is 3. The van der Waals surface area contributed by atoms with Crippen molar-refractivity contribution in [1.29, 1.82) is 0 Å². The average molecular weight is 330 g/mol. The second-order valence-electron chi connectivity index (χ2n) is 6.69. The van der Waals surface area contributed by atoms with Gasteiger partial charge in [0.25, 0.3) is 0 Å². The second-order valence-corrected chi connectivity index (χ2v) is 6.69. The highest BCUT2D eigenvalue weighted by atomic mass is 16.6. The van der Waals surface area contributed by atoms with Gasteiger partial charge in [0.05, 0.1) is 18.9 Å². The van der Waals surface area contributed by atoms with Gasteiger partial charge in [0.1, 0.15) is 11.9 Å². The van der Waals surface area contributed by atoms with Gasteiger partial charge in [0, 0.05) is 11.5 Å². The van der Waals surface area contributed by atoms with Gasteiger partial charge in [-0.25, -0.2) is 0 Å². The molecule has 24 heavy (non-hydrogen) atoms. The largest absolute Gasteiger partial charge is 0.497 e. The number of rotatable bonds is 5. The van der Waals surface area contributed by atoms with Gasteiger partial charge in [-0.3, -0.25) is 14.4 Å². The SMILES string of the molecule is COc1cccc(C(=O)COC(=O)[C@@H]2[C@@H]3C[C@@H]4[C@@H]2C(=O)O[C@H]4C3)c1. The van der Waals surface area contributed by atoms with Crippen molar-refractivity contribution in [3.63, 3.8) is 0 Å². The molecule has 0 N–H and O–H groups in total. The highest BCUT2D eigenvalue weighted by Crippen LogP contribution is 2.57. The van der Waals surface area contributed by atoms with Crippen molar-refractivity contribution in [2.45, 2.75) is 18.9 Å². The van der Waals surface area contributed by atoms with E-state index >= 15 is 0 Å². The number of hydrogen-bond acceptors (Lipinski definition) is 6. The highest BCUT2D eigenvalue weighted by Gasteiger charge is 2.64. The molecule has 2 aliphatic carbocycles. The molecule has 6 heteroatoms. The number of methoxy groups -OCH3 is 1. The summed E-state index contributed by atoms with van der Waals surface area (Å²) < 4.78 is 15.6. The molecule has 6 nitrogen and oxygen atoms in total. The second kappa shape index (κ2) is 5.61. The van der Waals surface area contributed by atoms with Crippen molar-refractivity contribution >= 4 is 17.7 Å². The Balaban J connectivity index is 1.40. The van der Waals surface area contributed by atoms with Gasteiger partial charge >= 0.3 is 11.9 Å². The zero-order chi connectivity index (χ0) is 16.8. The van der Waals surface area contributed by atoms with Crippen LogP contribution in [0, 0.1) is 23.7 Å². The van der Waals surface area contributed by atoms with Crippen LogP contribution in [-0.2, 0) is 19.1 Å². The van der Waals surface area contributed by atoms with Crippen molar-refractivity contribution in [3.05, 3.63) is 29.8 Å². The van der Waals surface area contributed by atoms with Gasteiger partial charge in [-0.2, -0.15) is 0 Å². The van der Waals surface area contributed by atoms with E-state index in [-0.39, 0.29) is 42.2 Å². The maximum absolute atomic E-state index is 12.4. The van der Waals surface area contributed by atoms with Crippen molar-refractivity contribution in [2.75, 3.05) is 13.7 Å². The Kier molecular flexibility index (Phi) is 3.55. The third-order valence-corrected chi connectivity index (χ3v) is 5.49. The number of benzene rings is 1. The Labute approximate surface area is 139 Å². The quantitative estimate of drug-likeness (QED) is 0.603.